The van der Waals surface area contributed by atoms with Gasteiger partial charge in [0.15, 0.2) is 5.69 Å². The molecular weight excluding hydrogens is 490 g/mol. The minimum absolute atomic E-state index is 0.0431. The lowest BCUT2D eigenvalue weighted by Crippen LogP contribution is -2.64. The molecule has 0 aliphatic heterocycles. The number of pyridine rings is 1. The Hall–Kier alpha value is -2.25. The fourth-order valence-corrected chi connectivity index (χ4v) is 8.83. The predicted molar refractivity (Wildman–Crippen MR) is 141 cm³/mol. The zero-order valence-electron chi connectivity index (χ0n) is 22.8. The van der Waals surface area contributed by atoms with Gasteiger partial charge in [-0.25, -0.2) is 9.78 Å². The molecule has 0 spiro atoms. The Balaban J connectivity index is 1.48. The van der Waals surface area contributed by atoms with Crippen molar-refractivity contribution in [3.05, 3.63) is 34.9 Å². The normalized spacial score (nSPS) is 32.5. The van der Waals surface area contributed by atoms with E-state index in [-0.39, 0.29) is 39.3 Å². The second-order valence-electron chi connectivity index (χ2n) is 13.7. The van der Waals surface area contributed by atoms with Crippen LogP contribution in [0.3, 0.4) is 0 Å². The minimum Gasteiger partial charge on any atom is -0.455 e. The van der Waals surface area contributed by atoms with E-state index in [4.69, 9.17) is 26.2 Å². The van der Waals surface area contributed by atoms with Gasteiger partial charge in [-0.1, -0.05) is 25.4 Å². The van der Waals surface area contributed by atoms with Crippen LogP contribution in [-0.2, 0) is 20.8 Å². The van der Waals surface area contributed by atoms with Gasteiger partial charge in [-0.2, -0.15) is 5.10 Å². The van der Waals surface area contributed by atoms with Crippen molar-refractivity contribution >= 4 is 23.9 Å². The van der Waals surface area contributed by atoms with Crippen LogP contribution in [0.4, 0.5) is 0 Å². The number of ether oxygens (including phenoxy) is 2. The number of hydrogen-bond acceptors (Lipinski definition) is 6. The molecule has 0 N–H and O–H groups in total. The average Bonchev–Trinajstić information content (AvgIpc) is 3.08. The topological polar surface area (TPSA) is 83.3 Å². The standard InChI is InChI=1S/C29H38ClN3O4/c1-19-21(20-7-8-22(30)32-23(20)24(35)37-25(2,3)4)11-31-33(19)18-28-13-26(5)12-27(6,14-28)16-29(15-26,17-28)36-10-9-34/h7-9,11H,10,12-18H2,1-6H3. The van der Waals surface area contributed by atoms with Crippen LogP contribution in [0.25, 0.3) is 11.1 Å². The van der Waals surface area contributed by atoms with Crippen molar-refractivity contribution in [2.24, 2.45) is 16.2 Å². The molecule has 0 saturated heterocycles. The van der Waals surface area contributed by atoms with E-state index < -0.39 is 11.6 Å². The maximum absolute atomic E-state index is 13.0. The van der Waals surface area contributed by atoms with E-state index in [0.717, 1.165) is 56.2 Å². The first kappa shape index (κ1) is 26.4. The highest BCUT2D eigenvalue weighted by atomic mass is 35.5. The number of esters is 1. The molecule has 37 heavy (non-hydrogen) atoms. The molecule has 0 radical (unpaired) electrons. The maximum atomic E-state index is 13.0. The lowest BCUT2D eigenvalue weighted by Gasteiger charge is -2.69. The van der Waals surface area contributed by atoms with Crippen molar-refractivity contribution in [1.29, 1.82) is 0 Å². The average molecular weight is 528 g/mol. The summed E-state index contributed by atoms with van der Waals surface area (Å²) in [4.78, 5) is 28.5. The first-order valence-electron chi connectivity index (χ1n) is 13.2. The largest absolute Gasteiger partial charge is 0.455 e. The van der Waals surface area contributed by atoms with Gasteiger partial charge in [0, 0.05) is 23.4 Å². The molecule has 4 fully saturated rings. The number of rotatable bonds is 7. The zero-order valence-corrected chi connectivity index (χ0v) is 23.6. The van der Waals surface area contributed by atoms with E-state index in [1.165, 1.54) is 6.42 Å². The summed E-state index contributed by atoms with van der Waals surface area (Å²) >= 11 is 6.17. The van der Waals surface area contributed by atoms with Crippen LogP contribution in [0.2, 0.25) is 5.15 Å². The first-order valence-corrected chi connectivity index (χ1v) is 13.6. The Morgan fingerprint density at radius 3 is 2.38 bits per heavy atom. The summed E-state index contributed by atoms with van der Waals surface area (Å²) < 4.78 is 14.0. The third kappa shape index (κ3) is 4.97. The molecule has 2 aromatic rings. The number of aldehydes is 1. The van der Waals surface area contributed by atoms with E-state index in [2.05, 4.69) is 23.5 Å². The predicted octanol–water partition coefficient (Wildman–Crippen LogP) is 6.20. The van der Waals surface area contributed by atoms with Crippen molar-refractivity contribution < 1.29 is 19.1 Å². The zero-order chi connectivity index (χ0) is 26.9. The van der Waals surface area contributed by atoms with Crippen molar-refractivity contribution in [2.45, 2.75) is 97.8 Å². The Labute approximate surface area is 224 Å². The lowest BCUT2D eigenvalue weighted by molar-refractivity contribution is -0.245. The molecule has 4 aliphatic rings. The fourth-order valence-electron chi connectivity index (χ4n) is 8.68. The summed E-state index contributed by atoms with van der Waals surface area (Å²) in [5.74, 6) is -0.506. The number of halogens is 1. The van der Waals surface area contributed by atoms with Crippen molar-refractivity contribution in [2.75, 3.05) is 6.61 Å². The van der Waals surface area contributed by atoms with E-state index in [0.29, 0.717) is 5.56 Å². The summed E-state index contributed by atoms with van der Waals surface area (Å²) in [5.41, 5.74) is 2.22. The molecule has 4 bridgehead atoms. The lowest BCUT2D eigenvalue weighted by atomic mass is 9.39. The molecule has 2 aromatic heterocycles. The molecule has 7 nitrogen and oxygen atoms in total. The molecule has 0 aromatic carbocycles. The summed E-state index contributed by atoms with van der Waals surface area (Å²) in [6.45, 7) is 13.2. The molecule has 2 heterocycles. The second-order valence-corrected chi connectivity index (χ2v) is 14.1. The highest BCUT2D eigenvalue weighted by molar-refractivity contribution is 6.29. The summed E-state index contributed by atoms with van der Waals surface area (Å²) in [5, 5.41) is 5.04. The van der Waals surface area contributed by atoms with Crippen LogP contribution < -0.4 is 0 Å². The number of aromatic nitrogens is 3. The maximum Gasteiger partial charge on any atom is 0.358 e. The Morgan fingerprint density at radius 1 is 1.08 bits per heavy atom. The van der Waals surface area contributed by atoms with Crippen LogP contribution >= 0.6 is 11.6 Å². The molecule has 6 rings (SSSR count). The fraction of sp³-hybridized carbons (Fsp3) is 0.655. The van der Waals surface area contributed by atoms with Crippen molar-refractivity contribution in [3.63, 3.8) is 0 Å². The van der Waals surface area contributed by atoms with Gasteiger partial charge in [-0.15, -0.1) is 0 Å². The third-order valence-corrected chi connectivity index (χ3v) is 8.65. The van der Waals surface area contributed by atoms with E-state index in [1.54, 1.807) is 6.07 Å². The smallest absolute Gasteiger partial charge is 0.358 e. The van der Waals surface area contributed by atoms with Crippen molar-refractivity contribution in [1.82, 2.24) is 14.8 Å². The van der Waals surface area contributed by atoms with Crippen LogP contribution in [0.1, 0.15) is 89.3 Å². The molecule has 4 saturated carbocycles. The first-order chi connectivity index (χ1) is 17.2. The van der Waals surface area contributed by atoms with Crippen LogP contribution in [0.5, 0.6) is 0 Å². The second kappa shape index (κ2) is 8.63. The Bertz CT molecular complexity index is 1230. The highest BCUT2D eigenvalue weighted by Crippen LogP contribution is 2.72. The molecule has 2 unspecified atom stereocenters. The van der Waals surface area contributed by atoms with Gasteiger partial charge in [-0.3, -0.25) is 4.68 Å². The van der Waals surface area contributed by atoms with Crippen LogP contribution in [0.15, 0.2) is 18.3 Å². The summed E-state index contributed by atoms with van der Waals surface area (Å²) in [7, 11) is 0. The Kier molecular flexibility index (Phi) is 6.15. The number of nitrogens with zero attached hydrogens (tertiary/aromatic N) is 3. The summed E-state index contributed by atoms with van der Waals surface area (Å²) in [6.07, 6.45) is 9.13. The van der Waals surface area contributed by atoms with Gasteiger partial charge in [0.1, 0.15) is 23.6 Å². The van der Waals surface area contributed by atoms with Crippen LogP contribution in [-0.4, -0.2) is 44.8 Å². The number of carbonyl (C=O) groups is 2. The molecule has 4 aliphatic carbocycles. The van der Waals surface area contributed by atoms with Crippen molar-refractivity contribution in [3.8, 4) is 11.1 Å². The molecule has 2 atom stereocenters. The molecule has 200 valence electrons. The van der Waals surface area contributed by atoms with Gasteiger partial charge >= 0.3 is 5.97 Å². The SMILES string of the molecule is Cc1c(-c2ccc(Cl)nc2C(=O)OC(C)(C)C)cnn1CC12CC3(C)CC(C)(C1)CC(OCC=O)(C3)C2. The van der Waals surface area contributed by atoms with E-state index >= 15 is 0 Å². The van der Waals surface area contributed by atoms with Gasteiger partial charge in [0.2, 0.25) is 0 Å². The Morgan fingerprint density at radius 2 is 1.76 bits per heavy atom. The van der Waals surface area contributed by atoms with Gasteiger partial charge in [0.25, 0.3) is 0 Å². The van der Waals surface area contributed by atoms with Gasteiger partial charge in [0.05, 0.1) is 11.8 Å². The summed E-state index contributed by atoms with van der Waals surface area (Å²) in [6, 6.07) is 3.51. The number of carbonyl (C=O) groups excluding carboxylic acids is 2. The molecule has 0 amide bonds. The van der Waals surface area contributed by atoms with Crippen LogP contribution in [0, 0.1) is 23.2 Å². The highest BCUT2D eigenvalue weighted by Gasteiger charge is 2.66. The molecular formula is C29H38ClN3O4. The minimum atomic E-state index is -0.649. The van der Waals surface area contributed by atoms with Gasteiger partial charge < -0.3 is 14.3 Å². The monoisotopic (exact) mass is 527 g/mol. The third-order valence-electron chi connectivity index (χ3n) is 8.44. The molecule has 8 heteroatoms. The van der Waals surface area contributed by atoms with E-state index in [1.807, 2.05) is 40.0 Å². The van der Waals surface area contributed by atoms with Gasteiger partial charge in [-0.05, 0) is 94.6 Å². The van der Waals surface area contributed by atoms with E-state index in [9.17, 15) is 9.59 Å². The number of hydrogen-bond donors (Lipinski definition) is 0. The quantitative estimate of drug-likeness (QED) is 0.242.